The minimum Gasteiger partial charge on any atom is -0.379 e. The number of halogens is 4. The van der Waals surface area contributed by atoms with Crippen molar-refractivity contribution in [2.75, 3.05) is 13.2 Å². The quantitative estimate of drug-likeness (QED) is 0.598. The molecule has 0 aliphatic carbocycles. The monoisotopic (exact) mass is 301 g/mol. The maximum Gasteiger partial charge on any atom is 0.454 e. The van der Waals surface area contributed by atoms with Crippen LogP contribution in [-0.4, -0.2) is 29.7 Å². The number of ether oxygens (including phenoxy) is 1. The van der Waals surface area contributed by atoms with Gasteiger partial charge in [-0.1, -0.05) is 0 Å². The van der Waals surface area contributed by atoms with Crippen molar-refractivity contribution in [3.05, 3.63) is 35.3 Å². The lowest BCUT2D eigenvalue weighted by Crippen LogP contribution is -2.24. The first-order valence-corrected chi connectivity index (χ1v) is 6.39. The molecule has 0 radical (unpaired) electrons. The van der Waals surface area contributed by atoms with E-state index < -0.39 is 23.3 Å². The number of alkyl halides is 3. The smallest absolute Gasteiger partial charge is 0.379 e. The summed E-state index contributed by atoms with van der Waals surface area (Å²) in [6.45, 7) is 0.910. The third-order valence-corrected chi connectivity index (χ3v) is 3.56. The van der Waals surface area contributed by atoms with Crippen molar-refractivity contribution >= 4 is 16.7 Å². The van der Waals surface area contributed by atoms with Gasteiger partial charge in [-0.2, -0.15) is 13.2 Å². The minimum atomic E-state index is -4.99. The normalized spacial score (nSPS) is 15.8. The fourth-order valence-corrected chi connectivity index (χ4v) is 2.72. The molecule has 0 saturated heterocycles. The summed E-state index contributed by atoms with van der Waals surface area (Å²) in [5.41, 5.74) is 0.224. The average Bonchev–Trinajstić information content (AvgIpc) is 2.57. The van der Waals surface area contributed by atoms with Gasteiger partial charge in [0.1, 0.15) is 5.82 Å². The van der Waals surface area contributed by atoms with E-state index in [2.05, 4.69) is 0 Å². The van der Waals surface area contributed by atoms with Gasteiger partial charge < -0.3 is 9.30 Å². The van der Waals surface area contributed by atoms with Crippen LogP contribution in [0.1, 0.15) is 16.1 Å². The van der Waals surface area contributed by atoms with E-state index in [0.29, 0.717) is 18.7 Å². The summed E-state index contributed by atoms with van der Waals surface area (Å²) in [5, 5.41) is 0.00854. The van der Waals surface area contributed by atoms with Crippen molar-refractivity contribution in [1.82, 2.24) is 4.57 Å². The molecule has 0 bridgehead atoms. The summed E-state index contributed by atoms with van der Waals surface area (Å²) < 4.78 is 58.7. The summed E-state index contributed by atoms with van der Waals surface area (Å²) in [6, 6.07) is 3.55. The zero-order chi connectivity index (χ0) is 15.2. The number of hydrogen-bond donors (Lipinski definition) is 0. The van der Waals surface area contributed by atoms with Crippen LogP contribution in [0.25, 0.3) is 10.9 Å². The second-order valence-corrected chi connectivity index (χ2v) is 4.82. The Hall–Kier alpha value is -1.89. The van der Waals surface area contributed by atoms with Crippen LogP contribution in [0, 0.1) is 5.82 Å². The van der Waals surface area contributed by atoms with Crippen LogP contribution in [0.5, 0.6) is 0 Å². The van der Waals surface area contributed by atoms with E-state index in [1.54, 1.807) is 4.57 Å². The van der Waals surface area contributed by atoms with Crippen LogP contribution in [0.15, 0.2) is 18.2 Å². The largest absolute Gasteiger partial charge is 0.454 e. The van der Waals surface area contributed by atoms with E-state index in [9.17, 15) is 22.4 Å². The van der Waals surface area contributed by atoms with E-state index in [1.807, 2.05) is 0 Å². The van der Waals surface area contributed by atoms with Gasteiger partial charge in [0.15, 0.2) is 0 Å². The van der Waals surface area contributed by atoms with Crippen LogP contribution < -0.4 is 0 Å². The average molecular weight is 301 g/mol. The van der Waals surface area contributed by atoms with E-state index in [0.717, 1.165) is 6.07 Å². The summed E-state index contributed by atoms with van der Waals surface area (Å²) in [7, 11) is 0. The lowest BCUT2D eigenvalue weighted by atomic mass is 10.0. The first kappa shape index (κ1) is 14.1. The predicted molar refractivity (Wildman–Crippen MR) is 66.8 cm³/mol. The van der Waals surface area contributed by atoms with Crippen molar-refractivity contribution in [1.29, 1.82) is 0 Å². The highest BCUT2D eigenvalue weighted by atomic mass is 19.4. The molecule has 0 amide bonds. The van der Waals surface area contributed by atoms with Gasteiger partial charge in [0.25, 0.3) is 5.78 Å². The molecular weight excluding hydrogens is 290 g/mol. The molecule has 1 aromatic heterocycles. The maximum atomic E-state index is 13.4. The molecule has 0 unspecified atom stereocenters. The molecule has 3 nitrogen and oxygen atoms in total. The van der Waals surface area contributed by atoms with Crippen molar-refractivity contribution in [3.63, 3.8) is 0 Å². The van der Waals surface area contributed by atoms with Gasteiger partial charge in [-0.15, -0.1) is 0 Å². The second-order valence-electron chi connectivity index (χ2n) is 4.82. The predicted octanol–water partition coefficient (Wildman–Crippen LogP) is 3.10. The molecule has 0 saturated carbocycles. The van der Waals surface area contributed by atoms with Crippen LogP contribution in [0.3, 0.4) is 0 Å². The molecule has 0 fully saturated rings. The number of carbonyl (C=O) groups excluding carboxylic acids is 1. The van der Waals surface area contributed by atoms with Gasteiger partial charge in [0.05, 0.1) is 18.8 Å². The minimum absolute atomic E-state index is 0.00854. The van der Waals surface area contributed by atoms with Crippen molar-refractivity contribution in [3.8, 4) is 0 Å². The van der Waals surface area contributed by atoms with Crippen LogP contribution in [-0.2, 0) is 17.7 Å². The van der Waals surface area contributed by atoms with E-state index in [4.69, 9.17) is 4.74 Å². The molecule has 1 aliphatic heterocycles. The van der Waals surface area contributed by atoms with Gasteiger partial charge in [-0.25, -0.2) is 4.39 Å². The van der Waals surface area contributed by atoms with Gasteiger partial charge in [-0.3, -0.25) is 4.79 Å². The number of hydrogen-bond acceptors (Lipinski definition) is 2. The molecular formula is C14H11F4NO2. The highest BCUT2D eigenvalue weighted by Crippen LogP contribution is 2.33. The fourth-order valence-electron chi connectivity index (χ4n) is 2.72. The molecule has 1 aliphatic rings. The third-order valence-electron chi connectivity index (χ3n) is 3.56. The second kappa shape index (κ2) is 4.84. The van der Waals surface area contributed by atoms with E-state index in [-0.39, 0.29) is 24.1 Å². The topological polar surface area (TPSA) is 31.2 Å². The van der Waals surface area contributed by atoms with E-state index in [1.165, 1.54) is 12.1 Å². The Kier molecular flexibility index (Phi) is 3.24. The summed E-state index contributed by atoms with van der Waals surface area (Å²) >= 11 is 0. The molecule has 7 heteroatoms. The molecule has 0 atom stereocenters. The van der Waals surface area contributed by atoms with E-state index >= 15 is 0 Å². The number of aromatic nitrogens is 1. The zero-order valence-electron chi connectivity index (χ0n) is 10.8. The molecule has 0 N–H and O–H groups in total. The Morgan fingerprint density at radius 1 is 1.24 bits per heavy atom. The lowest BCUT2D eigenvalue weighted by molar-refractivity contribution is -0.0884. The fraction of sp³-hybridized carbons (Fsp3) is 0.357. The number of ketones is 1. The number of nitrogens with zero attached hydrogens (tertiary/aromatic N) is 1. The summed E-state index contributed by atoms with van der Waals surface area (Å²) in [5.74, 6) is -2.61. The SMILES string of the molecule is O=C(c1c2n(c3ccc(F)cc13)CCOCC2)C(F)(F)F. The van der Waals surface area contributed by atoms with Gasteiger partial charge in [0, 0.05) is 29.6 Å². The number of Topliss-reactive ketones (excluding diaryl/α,β-unsaturated/α-hetero) is 1. The van der Waals surface area contributed by atoms with Gasteiger partial charge in [-0.05, 0) is 18.2 Å². The first-order chi connectivity index (χ1) is 9.89. The standard InChI is InChI=1S/C14H11F4NO2/c15-8-1-2-10-9(7-8)12(13(20)14(16,17)18)11-3-5-21-6-4-19(10)11/h1-2,7H,3-6H2. The zero-order valence-corrected chi connectivity index (χ0v) is 10.8. The molecule has 21 heavy (non-hydrogen) atoms. The highest BCUT2D eigenvalue weighted by Gasteiger charge is 2.42. The Morgan fingerprint density at radius 2 is 2.00 bits per heavy atom. The number of carbonyl (C=O) groups is 1. The summed E-state index contributed by atoms with van der Waals surface area (Å²) in [4.78, 5) is 11.7. The van der Waals surface area contributed by atoms with Crippen LogP contribution >= 0.6 is 0 Å². The number of rotatable bonds is 1. The van der Waals surface area contributed by atoms with Crippen LogP contribution in [0.4, 0.5) is 17.6 Å². The third kappa shape index (κ3) is 2.31. The molecule has 3 rings (SSSR count). The van der Waals surface area contributed by atoms with Gasteiger partial charge in [0.2, 0.25) is 0 Å². The Balaban J connectivity index is 2.33. The first-order valence-electron chi connectivity index (χ1n) is 6.39. The number of benzene rings is 1. The highest BCUT2D eigenvalue weighted by molar-refractivity contribution is 6.12. The van der Waals surface area contributed by atoms with Crippen LogP contribution in [0.2, 0.25) is 0 Å². The molecule has 112 valence electrons. The summed E-state index contributed by atoms with van der Waals surface area (Å²) in [6.07, 6.45) is -4.80. The van der Waals surface area contributed by atoms with Gasteiger partial charge >= 0.3 is 6.18 Å². The molecule has 0 spiro atoms. The van der Waals surface area contributed by atoms with Crippen molar-refractivity contribution < 1.29 is 27.1 Å². The maximum absolute atomic E-state index is 13.4. The Morgan fingerprint density at radius 3 is 2.71 bits per heavy atom. The molecule has 2 heterocycles. The Labute approximate surface area is 117 Å². The van der Waals surface area contributed by atoms with Crippen molar-refractivity contribution in [2.24, 2.45) is 0 Å². The van der Waals surface area contributed by atoms with Crippen molar-refractivity contribution in [2.45, 2.75) is 19.1 Å². The molecule has 1 aromatic carbocycles. The molecule has 2 aromatic rings. The number of fused-ring (bicyclic) bond motifs is 3. The lowest BCUT2D eigenvalue weighted by Gasteiger charge is -2.08. The Bertz CT molecular complexity index is 718.